The van der Waals surface area contributed by atoms with Crippen LogP contribution in [0.4, 0.5) is 0 Å². The van der Waals surface area contributed by atoms with E-state index in [1.807, 2.05) is 0 Å². The summed E-state index contributed by atoms with van der Waals surface area (Å²) >= 11 is 3.51. The van der Waals surface area contributed by atoms with Gasteiger partial charge in [-0.1, -0.05) is 28.9 Å². The monoisotopic (exact) mass is 268 g/mol. The average Bonchev–Trinajstić information content (AvgIpc) is 2.88. The molecule has 0 heterocycles. The van der Waals surface area contributed by atoms with Crippen molar-refractivity contribution in [3.05, 3.63) is 33.3 Å². The molecule has 1 aliphatic rings. The summed E-state index contributed by atoms with van der Waals surface area (Å²) in [6.07, 6.45) is 0.891. The number of aliphatic hydroxyl groups excluding tert-OH is 1. The Balaban J connectivity index is 2.31. The Bertz CT molecular complexity index is 386. The highest BCUT2D eigenvalue weighted by atomic mass is 79.9. The highest BCUT2D eigenvalue weighted by Gasteiger charge is 2.39. The van der Waals surface area contributed by atoms with Gasteiger partial charge in [0.1, 0.15) is 0 Å². The number of benzene rings is 1. The molecule has 1 nitrogen and oxygen atoms in total. The molecule has 15 heavy (non-hydrogen) atoms. The fourth-order valence-electron chi connectivity index (χ4n) is 2.14. The van der Waals surface area contributed by atoms with E-state index in [2.05, 4.69) is 48.8 Å². The Kier molecular flexibility index (Phi) is 2.91. The molecular weight excluding hydrogens is 252 g/mol. The minimum absolute atomic E-state index is 0.271. The molecule has 0 aromatic heterocycles. The van der Waals surface area contributed by atoms with Gasteiger partial charge in [-0.05, 0) is 54.9 Å². The molecule has 2 heteroatoms. The molecule has 1 aliphatic carbocycles. The van der Waals surface area contributed by atoms with E-state index in [1.54, 1.807) is 0 Å². The molecule has 2 rings (SSSR count). The zero-order valence-corrected chi connectivity index (χ0v) is 11.0. The smallest absolute Gasteiger partial charge is 0.0823 e. The number of hydrogen-bond acceptors (Lipinski definition) is 1. The van der Waals surface area contributed by atoms with Crippen LogP contribution in [-0.4, -0.2) is 5.11 Å². The summed E-state index contributed by atoms with van der Waals surface area (Å²) in [4.78, 5) is 0. The maximum Gasteiger partial charge on any atom is 0.0823 e. The molecule has 3 unspecified atom stereocenters. The van der Waals surface area contributed by atoms with Crippen LogP contribution in [0.1, 0.15) is 36.1 Å². The van der Waals surface area contributed by atoms with Gasteiger partial charge < -0.3 is 5.11 Å². The molecule has 1 N–H and O–H groups in total. The van der Waals surface area contributed by atoms with Gasteiger partial charge in [-0.3, -0.25) is 0 Å². The zero-order chi connectivity index (χ0) is 11.2. The van der Waals surface area contributed by atoms with Crippen molar-refractivity contribution in [3.63, 3.8) is 0 Å². The van der Waals surface area contributed by atoms with Gasteiger partial charge in [0.25, 0.3) is 0 Å². The van der Waals surface area contributed by atoms with Gasteiger partial charge in [0.15, 0.2) is 0 Å². The fourth-order valence-corrected chi connectivity index (χ4v) is 2.60. The summed E-state index contributed by atoms with van der Waals surface area (Å²) in [5, 5.41) is 10.2. The Labute approximate surface area is 99.6 Å². The van der Waals surface area contributed by atoms with Crippen molar-refractivity contribution in [2.75, 3.05) is 0 Å². The van der Waals surface area contributed by atoms with Gasteiger partial charge in [0.2, 0.25) is 0 Å². The van der Waals surface area contributed by atoms with E-state index in [9.17, 15) is 5.11 Å². The van der Waals surface area contributed by atoms with Crippen LogP contribution >= 0.6 is 15.9 Å². The van der Waals surface area contributed by atoms with E-state index in [-0.39, 0.29) is 6.10 Å². The van der Waals surface area contributed by atoms with Crippen LogP contribution in [0.2, 0.25) is 0 Å². The lowest BCUT2D eigenvalue weighted by atomic mass is 9.97. The highest BCUT2D eigenvalue weighted by molar-refractivity contribution is 9.10. The predicted octanol–water partition coefficient (Wildman–Crippen LogP) is 3.76. The Morgan fingerprint density at radius 1 is 1.33 bits per heavy atom. The van der Waals surface area contributed by atoms with Gasteiger partial charge in [-0.2, -0.15) is 0 Å². The number of aliphatic hydroxyl groups is 1. The molecule has 0 saturated heterocycles. The highest BCUT2D eigenvalue weighted by Crippen LogP contribution is 2.47. The summed E-state index contributed by atoms with van der Waals surface area (Å²) in [7, 11) is 0. The molecule has 0 amide bonds. The summed E-state index contributed by atoms with van der Waals surface area (Å²) in [5.74, 6) is 1.16. The molecular formula is C13H17BrO. The molecule has 3 atom stereocenters. The molecule has 0 radical (unpaired) electrons. The van der Waals surface area contributed by atoms with Crippen molar-refractivity contribution in [2.45, 2.75) is 33.3 Å². The average molecular weight is 269 g/mol. The molecule has 0 spiro atoms. The second-order valence-corrected chi connectivity index (χ2v) is 5.63. The van der Waals surface area contributed by atoms with Crippen molar-refractivity contribution in [2.24, 2.45) is 11.8 Å². The third-order valence-corrected chi connectivity index (χ3v) is 4.30. The van der Waals surface area contributed by atoms with Crippen molar-refractivity contribution < 1.29 is 5.11 Å². The van der Waals surface area contributed by atoms with Crippen molar-refractivity contribution >= 4 is 15.9 Å². The summed E-state index contributed by atoms with van der Waals surface area (Å²) in [5.41, 5.74) is 3.48. The van der Waals surface area contributed by atoms with E-state index in [0.717, 1.165) is 16.5 Å². The van der Waals surface area contributed by atoms with Crippen LogP contribution in [0, 0.1) is 25.7 Å². The molecule has 0 aliphatic heterocycles. The van der Waals surface area contributed by atoms with Crippen LogP contribution in [0.25, 0.3) is 0 Å². The molecule has 1 aromatic carbocycles. The van der Waals surface area contributed by atoms with Crippen molar-refractivity contribution in [1.82, 2.24) is 0 Å². The van der Waals surface area contributed by atoms with Crippen LogP contribution in [-0.2, 0) is 0 Å². The quantitative estimate of drug-likeness (QED) is 0.866. The minimum Gasteiger partial charge on any atom is -0.388 e. The second kappa shape index (κ2) is 3.91. The summed E-state index contributed by atoms with van der Waals surface area (Å²) < 4.78 is 1.12. The normalized spacial score (nSPS) is 26.5. The zero-order valence-electron chi connectivity index (χ0n) is 9.42. The van der Waals surface area contributed by atoms with Crippen LogP contribution in [0.5, 0.6) is 0 Å². The first-order valence-electron chi connectivity index (χ1n) is 5.45. The van der Waals surface area contributed by atoms with Gasteiger partial charge in [-0.15, -0.1) is 0 Å². The third-order valence-electron chi connectivity index (χ3n) is 3.44. The van der Waals surface area contributed by atoms with Gasteiger partial charge in [0, 0.05) is 4.47 Å². The van der Waals surface area contributed by atoms with Crippen LogP contribution in [0.3, 0.4) is 0 Å². The van der Waals surface area contributed by atoms with E-state index in [1.165, 1.54) is 11.1 Å². The van der Waals surface area contributed by atoms with Crippen LogP contribution < -0.4 is 0 Å². The van der Waals surface area contributed by atoms with E-state index in [4.69, 9.17) is 0 Å². The fraction of sp³-hybridized carbons (Fsp3) is 0.538. The van der Waals surface area contributed by atoms with Crippen molar-refractivity contribution in [3.8, 4) is 0 Å². The molecule has 1 saturated carbocycles. The number of halogens is 1. The molecule has 82 valence electrons. The molecule has 1 fully saturated rings. The van der Waals surface area contributed by atoms with Crippen molar-refractivity contribution in [1.29, 1.82) is 0 Å². The Morgan fingerprint density at radius 2 is 1.93 bits per heavy atom. The number of hydrogen-bond donors (Lipinski definition) is 1. The lowest BCUT2D eigenvalue weighted by molar-refractivity contribution is 0.147. The largest absolute Gasteiger partial charge is 0.388 e. The minimum atomic E-state index is -0.271. The van der Waals surface area contributed by atoms with Gasteiger partial charge >= 0.3 is 0 Å². The number of aryl methyl sites for hydroxylation is 2. The molecule has 0 bridgehead atoms. The predicted molar refractivity (Wildman–Crippen MR) is 65.8 cm³/mol. The number of rotatable bonds is 2. The summed E-state index contributed by atoms with van der Waals surface area (Å²) in [6, 6.07) is 4.20. The topological polar surface area (TPSA) is 20.2 Å². The standard InChI is InChI=1S/C13H17BrO/c1-7-4-10(7)13(15)11-5-9(3)12(14)6-8(11)2/h5-7,10,13,15H,4H2,1-3H3. The summed E-state index contributed by atoms with van der Waals surface area (Å²) in [6.45, 7) is 6.33. The molecule has 1 aromatic rings. The van der Waals surface area contributed by atoms with E-state index >= 15 is 0 Å². The third kappa shape index (κ3) is 2.11. The maximum atomic E-state index is 10.2. The Morgan fingerprint density at radius 3 is 2.47 bits per heavy atom. The maximum absolute atomic E-state index is 10.2. The van der Waals surface area contributed by atoms with Gasteiger partial charge in [-0.25, -0.2) is 0 Å². The Hall–Kier alpha value is -0.340. The first-order chi connectivity index (χ1) is 7.00. The first kappa shape index (κ1) is 11.2. The van der Waals surface area contributed by atoms with E-state index < -0.39 is 0 Å². The van der Waals surface area contributed by atoms with Crippen LogP contribution in [0.15, 0.2) is 16.6 Å². The second-order valence-electron chi connectivity index (χ2n) is 4.78. The SMILES string of the molecule is Cc1cc(C(O)C2CC2C)c(C)cc1Br. The van der Waals surface area contributed by atoms with Gasteiger partial charge in [0.05, 0.1) is 6.10 Å². The lowest BCUT2D eigenvalue weighted by Crippen LogP contribution is -2.04. The lowest BCUT2D eigenvalue weighted by Gasteiger charge is -2.15. The first-order valence-corrected chi connectivity index (χ1v) is 6.24. The van der Waals surface area contributed by atoms with E-state index in [0.29, 0.717) is 11.8 Å².